The third-order valence-electron chi connectivity index (χ3n) is 6.67. The summed E-state index contributed by atoms with van der Waals surface area (Å²) < 4.78 is 43.7. The van der Waals surface area contributed by atoms with Crippen molar-refractivity contribution in [1.82, 2.24) is 4.31 Å². The van der Waals surface area contributed by atoms with Gasteiger partial charge in [-0.05, 0) is 73.5 Å². The van der Waals surface area contributed by atoms with E-state index in [-0.39, 0.29) is 17.4 Å². The molecule has 3 aromatic rings. The molecule has 10 nitrogen and oxygen atoms in total. The molecular weight excluding hydrogens is 534 g/mol. The number of fused-ring (bicyclic) bond motifs is 1. The van der Waals surface area contributed by atoms with Crippen molar-refractivity contribution in [3.05, 3.63) is 77.9 Å². The average molecular weight is 566 g/mol. The molecule has 1 saturated heterocycles. The van der Waals surface area contributed by atoms with Gasteiger partial charge in [0, 0.05) is 30.9 Å². The first-order valence-electron chi connectivity index (χ1n) is 13.1. The van der Waals surface area contributed by atoms with E-state index in [4.69, 9.17) is 14.2 Å². The number of hydrogen-bond acceptors (Lipinski definition) is 7. The number of nitrogens with one attached hydrogen (secondary N) is 1. The average Bonchev–Trinajstić information content (AvgIpc) is 2.97. The van der Waals surface area contributed by atoms with Gasteiger partial charge in [-0.25, -0.2) is 8.42 Å². The number of anilines is 2. The van der Waals surface area contributed by atoms with Gasteiger partial charge in [0.1, 0.15) is 11.5 Å². The topological polar surface area (TPSA) is 114 Å². The lowest BCUT2D eigenvalue weighted by atomic mass is 10.1. The zero-order valence-corrected chi connectivity index (χ0v) is 23.0. The number of aryl methyl sites for hydroxylation is 1. The summed E-state index contributed by atoms with van der Waals surface area (Å²) in [5, 5.41) is 2.83. The van der Waals surface area contributed by atoms with E-state index in [2.05, 4.69) is 5.32 Å². The van der Waals surface area contributed by atoms with E-state index in [0.717, 1.165) is 11.3 Å². The summed E-state index contributed by atoms with van der Waals surface area (Å²) in [6, 6.07) is 18.7. The Morgan fingerprint density at radius 1 is 1.02 bits per heavy atom. The Kier molecular flexibility index (Phi) is 8.34. The molecule has 0 bridgehead atoms. The summed E-state index contributed by atoms with van der Waals surface area (Å²) in [6.45, 7) is 4.12. The second-order valence-corrected chi connectivity index (χ2v) is 11.5. The second-order valence-electron chi connectivity index (χ2n) is 9.53. The van der Waals surface area contributed by atoms with Crippen molar-refractivity contribution in [3.8, 4) is 11.5 Å². The van der Waals surface area contributed by atoms with E-state index in [9.17, 15) is 18.0 Å². The molecule has 0 atom stereocenters. The van der Waals surface area contributed by atoms with Crippen LogP contribution in [-0.2, 0) is 19.6 Å². The van der Waals surface area contributed by atoms with Crippen molar-refractivity contribution in [1.29, 1.82) is 0 Å². The first-order chi connectivity index (χ1) is 19.3. The van der Waals surface area contributed by atoms with Crippen LogP contribution < -0.4 is 19.7 Å². The molecule has 0 radical (unpaired) electrons. The summed E-state index contributed by atoms with van der Waals surface area (Å²) >= 11 is 0. The molecule has 40 heavy (non-hydrogen) atoms. The van der Waals surface area contributed by atoms with Crippen molar-refractivity contribution >= 4 is 33.2 Å². The van der Waals surface area contributed by atoms with Crippen LogP contribution in [0.4, 0.5) is 11.4 Å². The highest BCUT2D eigenvalue weighted by Crippen LogP contribution is 2.35. The fourth-order valence-electron chi connectivity index (χ4n) is 4.56. The van der Waals surface area contributed by atoms with Crippen LogP contribution in [0.3, 0.4) is 0 Å². The molecule has 0 aromatic heterocycles. The van der Waals surface area contributed by atoms with Crippen molar-refractivity contribution in [2.75, 3.05) is 56.3 Å². The predicted molar refractivity (Wildman–Crippen MR) is 150 cm³/mol. The highest BCUT2D eigenvalue weighted by Gasteiger charge is 2.27. The van der Waals surface area contributed by atoms with Gasteiger partial charge in [-0.1, -0.05) is 12.1 Å². The molecule has 0 unspecified atom stereocenters. The molecule has 2 amide bonds. The van der Waals surface area contributed by atoms with Gasteiger partial charge in [0.05, 0.1) is 30.4 Å². The molecule has 0 saturated carbocycles. The standard InChI is InChI=1S/C29H31N3O7S/c1-21-4-2-5-24(18-21)38-15-3-12-32-26-19-23(8-11-27(26)39-20-28(32)33)30-29(34)22-6-9-25(10-7-22)40(35,36)31-13-16-37-17-14-31/h2,4-11,18-19H,3,12-17,20H2,1H3,(H,30,34). The molecule has 11 heteroatoms. The van der Waals surface area contributed by atoms with Crippen molar-refractivity contribution in [3.63, 3.8) is 0 Å². The maximum Gasteiger partial charge on any atom is 0.265 e. The lowest BCUT2D eigenvalue weighted by Crippen LogP contribution is -2.40. The quantitative estimate of drug-likeness (QED) is 0.395. The van der Waals surface area contributed by atoms with Crippen molar-refractivity contribution < 1.29 is 32.2 Å². The molecule has 2 heterocycles. The molecule has 2 aliphatic rings. The highest BCUT2D eigenvalue weighted by molar-refractivity contribution is 7.89. The minimum atomic E-state index is -3.65. The Bertz CT molecular complexity index is 1490. The summed E-state index contributed by atoms with van der Waals surface area (Å²) in [4.78, 5) is 27.4. The molecule has 210 valence electrons. The SMILES string of the molecule is Cc1cccc(OCCCN2C(=O)COc3ccc(NC(=O)c4ccc(S(=O)(=O)N5CCOCC5)cc4)cc32)c1. The Morgan fingerprint density at radius 2 is 1.80 bits per heavy atom. The minimum Gasteiger partial charge on any atom is -0.494 e. The van der Waals surface area contributed by atoms with Gasteiger partial charge in [0.2, 0.25) is 10.0 Å². The van der Waals surface area contributed by atoms with Gasteiger partial charge in [0.25, 0.3) is 11.8 Å². The number of carbonyl (C=O) groups is 2. The van der Waals surface area contributed by atoms with E-state index in [1.165, 1.54) is 28.6 Å². The van der Waals surface area contributed by atoms with E-state index < -0.39 is 15.9 Å². The first-order valence-corrected chi connectivity index (χ1v) is 14.5. The molecule has 5 rings (SSSR count). The Morgan fingerprint density at radius 3 is 2.55 bits per heavy atom. The van der Waals surface area contributed by atoms with E-state index >= 15 is 0 Å². The van der Waals surface area contributed by atoms with Crippen LogP contribution in [0.1, 0.15) is 22.3 Å². The van der Waals surface area contributed by atoms with Gasteiger partial charge in [-0.3, -0.25) is 9.59 Å². The van der Waals surface area contributed by atoms with Crippen LogP contribution in [-0.4, -0.2) is 70.6 Å². The molecule has 2 aliphatic heterocycles. The number of sulfonamides is 1. The van der Waals surface area contributed by atoms with Crippen LogP contribution in [0.5, 0.6) is 11.5 Å². The third-order valence-corrected chi connectivity index (χ3v) is 8.58. The van der Waals surface area contributed by atoms with Gasteiger partial charge >= 0.3 is 0 Å². The fraction of sp³-hybridized carbons (Fsp3) is 0.310. The van der Waals surface area contributed by atoms with Crippen molar-refractivity contribution in [2.45, 2.75) is 18.2 Å². The fourth-order valence-corrected chi connectivity index (χ4v) is 5.97. The largest absolute Gasteiger partial charge is 0.494 e. The third kappa shape index (κ3) is 6.27. The molecule has 0 spiro atoms. The molecule has 1 fully saturated rings. The number of hydrogen-bond donors (Lipinski definition) is 1. The number of amides is 2. The van der Waals surface area contributed by atoms with Crippen LogP contribution in [0, 0.1) is 6.92 Å². The Labute approximate surface area is 233 Å². The van der Waals surface area contributed by atoms with Gasteiger partial charge in [-0.2, -0.15) is 4.31 Å². The molecule has 1 N–H and O–H groups in total. The minimum absolute atomic E-state index is 0.0584. The van der Waals surface area contributed by atoms with Crippen LogP contribution in [0.2, 0.25) is 0 Å². The lowest BCUT2D eigenvalue weighted by molar-refractivity contribution is -0.121. The van der Waals surface area contributed by atoms with E-state index in [0.29, 0.717) is 68.6 Å². The normalized spacial score (nSPS) is 15.7. The summed E-state index contributed by atoms with van der Waals surface area (Å²) in [6.07, 6.45) is 0.607. The number of ether oxygens (including phenoxy) is 3. The number of morpholine rings is 1. The second kappa shape index (κ2) is 12.1. The summed E-state index contributed by atoms with van der Waals surface area (Å²) in [7, 11) is -3.65. The smallest absolute Gasteiger partial charge is 0.265 e. The zero-order valence-electron chi connectivity index (χ0n) is 22.2. The zero-order chi connectivity index (χ0) is 28.1. The number of carbonyl (C=O) groups excluding carboxylic acids is 2. The monoisotopic (exact) mass is 565 g/mol. The van der Waals surface area contributed by atoms with Gasteiger partial charge < -0.3 is 24.4 Å². The summed E-state index contributed by atoms with van der Waals surface area (Å²) in [5.41, 5.74) is 2.46. The molecular formula is C29H31N3O7S. The summed E-state index contributed by atoms with van der Waals surface area (Å²) in [5.74, 6) is 0.750. The Hall–Kier alpha value is -3.93. The molecule has 0 aliphatic carbocycles. The highest BCUT2D eigenvalue weighted by atomic mass is 32.2. The Balaban J connectivity index is 1.23. The number of rotatable bonds is 9. The maximum atomic E-state index is 12.9. The lowest BCUT2D eigenvalue weighted by Gasteiger charge is -2.30. The van der Waals surface area contributed by atoms with Gasteiger partial charge in [0.15, 0.2) is 6.61 Å². The van der Waals surface area contributed by atoms with Crippen molar-refractivity contribution in [2.24, 2.45) is 0 Å². The van der Waals surface area contributed by atoms with Crippen LogP contribution in [0.25, 0.3) is 0 Å². The van der Waals surface area contributed by atoms with Crippen LogP contribution >= 0.6 is 0 Å². The van der Waals surface area contributed by atoms with E-state index in [1.807, 2.05) is 31.2 Å². The predicted octanol–water partition coefficient (Wildman–Crippen LogP) is 3.46. The van der Waals surface area contributed by atoms with Gasteiger partial charge in [-0.15, -0.1) is 0 Å². The first kappa shape index (κ1) is 27.6. The number of benzene rings is 3. The maximum absolute atomic E-state index is 12.9. The van der Waals surface area contributed by atoms with Crippen LogP contribution in [0.15, 0.2) is 71.6 Å². The molecule has 3 aromatic carbocycles. The number of nitrogens with zero attached hydrogens (tertiary/aromatic N) is 2. The van der Waals surface area contributed by atoms with E-state index in [1.54, 1.807) is 23.1 Å².